The zero-order valence-corrected chi connectivity index (χ0v) is 5.77. The third-order valence-electron chi connectivity index (χ3n) is 1.16. The van der Waals surface area contributed by atoms with Crippen molar-refractivity contribution >= 4 is 0 Å². The van der Waals surface area contributed by atoms with Crippen molar-refractivity contribution in [2.45, 2.75) is 0 Å². The van der Waals surface area contributed by atoms with Crippen LogP contribution in [0.25, 0.3) is 0 Å². The van der Waals surface area contributed by atoms with E-state index in [1.54, 1.807) is 0 Å². The first-order valence-corrected chi connectivity index (χ1v) is 2.63. The Morgan fingerprint density at radius 1 is 0.385 bits per heavy atom. The zero-order valence-electron chi connectivity index (χ0n) is 5.77. The summed E-state index contributed by atoms with van der Waals surface area (Å²) in [5.41, 5.74) is 0. The summed E-state index contributed by atoms with van der Waals surface area (Å²) >= 11 is 0. The van der Waals surface area contributed by atoms with Gasteiger partial charge in [-0.2, -0.15) is 0 Å². The Balaban J connectivity index is 0.00000144. The lowest BCUT2D eigenvalue weighted by Crippen LogP contribution is -2.04. The Morgan fingerprint density at radius 2 is 0.462 bits per heavy atom. The lowest BCUT2D eigenvalue weighted by Gasteiger charge is -1.99. The second kappa shape index (κ2) is 3.65. The van der Waals surface area contributed by atoms with Crippen LogP contribution in [0.4, 0.5) is 26.3 Å². The van der Waals surface area contributed by atoms with Crippen LogP contribution in [0.2, 0.25) is 0 Å². The average molecular weight is 204 g/mol. The normalized spacial score (nSPS) is 9.69. The van der Waals surface area contributed by atoms with Crippen molar-refractivity contribution < 1.29 is 31.8 Å². The summed E-state index contributed by atoms with van der Waals surface area (Å²) < 4.78 is 72.2. The monoisotopic (exact) mass is 204 g/mol. The summed E-state index contributed by atoms with van der Waals surface area (Å²) in [5.74, 6) is -14.2. The van der Waals surface area contributed by atoms with Crippen LogP contribution >= 0.6 is 0 Å². The first kappa shape index (κ1) is 11.8. The Kier molecular flexibility index (Phi) is 3.30. The molecule has 1 aromatic carbocycles. The summed E-state index contributed by atoms with van der Waals surface area (Å²) in [7, 11) is 0. The minimum absolute atomic E-state index is 0. The molecule has 0 heterocycles. The summed E-state index contributed by atoms with van der Waals surface area (Å²) in [5, 5.41) is 0. The third kappa shape index (κ3) is 1.59. The summed E-state index contributed by atoms with van der Waals surface area (Å²) in [6.45, 7) is 0. The topological polar surface area (TPSA) is 31.5 Å². The Labute approximate surface area is 67.9 Å². The molecule has 0 aliphatic heterocycles. The molecule has 0 atom stereocenters. The van der Waals surface area contributed by atoms with Crippen LogP contribution in [-0.2, 0) is 0 Å². The fourth-order valence-electron chi connectivity index (χ4n) is 0.578. The van der Waals surface area contributed by atoms with E-state index in [4.69, 9.17) is 0 Å². The van der Waals surface area contributed by atoms with Crippen LogP contribution in [0.15, 0.2) is 0 Å². The van der Waals surface area contributed by atoms with E-state index in [0.29, 0.717) is 0 Å². The maximum absolute atomic E-state index is 12.0. The minimum Gasteiger partial charge on any atom is -0.412 e. The van der Waals surface area contributed by atoms with Crippen molar-refractivity contribution in [3.63, 3.8) is 0 Å². The van der Waals surface area contributed by atoms with Gasteiger partial charge in [0.2, 0.25) is 34.9 Å². The second-order valence-corrected chi connectivity index (χ2v) is 1.88. The van der Waals surface area contributed by atoms with Gasteiger partial charge >= 0.3 is 0 Å². The van der Waals surface area contributed by atoms with Crippen molar-refractivity contribution in [2.75, 3.05) is 0 Å². The molecule has 1 nitrogen and oxygen atoms in total. The molecule has 0 aliphatic rings. The van der Waals surface area contributed by atoms with E-state index in [-0.39, 0.29) is 5.48 Å². The van der Waals surface area contributed by atoms with Gasteiger partial charge in [-0.3, -0.25) is 0 Å². The van der Waals surface area contributed by atoms with Gasteiger partial charge in [0.15, 0.2) is 0 Å². The number of rotatable bonds is 0. The first-order chi connectivity index (χ1) is 5.46. The average Bonchev–Trinajstić information content (AvgIpc) is 2.08. The number of benzene rings is 1. The molecule has 7 heteroatoms. The standard InChI is InChI=1S/C6F6.H2O/c7-1-2(8)4(10)6(12)5(11)3(1)9;/h;1H2. The predicted molar refractivity (Wildman–Crippen MR) is 29.8 cm³/mol. The molecule has 0 saturated carbocycles. The van der Waals surface area contributed by atoms with Gasteiger partial charge in [-0.15, -0.1) is 0 Å². The fourth-order valence-corrected chi connectivity index (χ4v) is 0.578. The quantitative estimate of drug-likeness (QED) is 0.350. The minimum atomic E-state index is -2.37. The van der Waals surface area contributed by atoms with Crippen molar-refractivity contribution in [2.24, 2.45) is 0 Å². The highest BCUT2D eigenvalue weighted by Crippen LogP contribution is 2.20. The van der Waals surface area contributed by atoms with Gasteiger partial charge in [0, 0.05) is 0 Å². The van der Waals surface area contributed by atoms with Gasteiger partial charge in [-0.25, -0.2) is 26.3 Å². The summed E-state index contributed by atoms with van der Waals surface area (Å²) in [6.07, 6.45) is 0. The highest BCUT2D eigenvalue weighted by atomic mass is 19.2. The van der Waals surface area contributed by atoms with Crippen LogP contribution in [0.1, 0.15) is 0 Å². The van der Waals surface area contributed by atoms with Gasteiger partial charge in [0.1, 0.15) is 0 Å². The molecule has 0 radical (unpaired) electrons. The smallest absolute Gasteiger partial charge is 0.200 e. The Hall–Kier alpha value is -1.24. The second-order valence-electron chi connectivity index (χ2n) is 1.88. The van der Waals surface area contributed by atoms with Gasteiger partial charge < -0.3 is 5.48 Å². The molecule has 1 aromatic rings. The van der Waals surface area contributed by atoms with Crippen molar-refractivity contribution in [3.05, 3.63) is 34.9 Å². The SMILES string of the molecule is Fc1c(F)c(F)c(F)c(F)c1F.O. The number of halogens is 6. The van der Waals surface area contributed by atoms with E-state index in [2.05, 4.69) is 0 Å². The molecule has 0 fully saturated rings. The highest BCUT2D eigenvalue weighted by Gasteiger charge is 2.25. The highest BCUT2D eigenvalue weighted by molar-refractivity contribution is 5.14. The molecule has 0 unspecified atom stereocenters. The maximum Gasteiger partial charge on any atom is 0.200 e. The zero-order chi connectivity index (χ0) is 9.46. The van der Waals surface area contributed by atoms with Crippen molar-refractivity contribution in [1.82, 2.24) is 0 Å². The molecule has 0 bridgehead atoms. The molecule has 1 rings (SSSR count). The van der Waals surface area contributed by atoms with Crippen LogP contribution < -0.4 is 0 Å². The van der Waals surface area contributed by atoms with Crippen LogP contribution in [-0.4, -0.2) is 5.48 Å². The molecule has 0 amide bonds. The van der Waals surface area contributed by atoms with Gasteiger partial charge in [-0.05, 0) is 0 Å². The first-order valence-electron chi connectivity index (χ1n) is 2.63. The predicted octanol–water partition coefficient (Wildman–Crippen LogP) is 1.70. The Bertz CT molecular complexity index is 231. The summed E-state index contributed by atoms with van der Waals surface area (Å²) in [4.78, 5) is 0. The molecule has 0 saturated heterocycles. The lowest BCUT2D eigenvalue weighted by atomic mass is 10.3. The number of hydrogen-bond donors (Lipinski definition) is 0. The molecule has 0 aliphatic carbocycles. The summed E-state index contributed by atoms with van der Waals surface area (Å²) in [6, 6.07) is 0. The van der Waals surface area contributed by atoms with Crippen LogP contribution in [0.5, 0.6) is 0 Å². The maximum atomic E-state index is 12.0. The van der Waals surface area contributed by atoms with E-state index in [1.807, 2.05) is 0 Å². The molecule has 2 N–H and O–H groups in total. The van der Waals surface area contributed by atoms with Crippen LogP contribution in [0.3, 0.4) is 0 Å². The van der Waals surface area contributed by atoms with Crippen molar-refractivity contribution in [3.8, 4) is 0 Å². The molecule has 74 valence electrons. The van der Waals surface area contributed by atoms with E-state index in [1.165, 1.54) is 0 Å². The lowest BCUT2D eigenvalue weighted by molar-refractivity contribution is 0.334. The molecular formula is C6H2F6O. The molecule has 0 aromatic heterocycles. The van der Waals surface area contributed by atoms with Gasteiger partial charge in [0.25, 0.3) is 0 Å². The van der Waals surface area contributed by atoms with E-state index in [0.717, 1.165) is 0 Å². The van der Waals surface area contributed by atoms with E-state index in [9.17, 15) is 26.3 Å². The van der Waals surface area contributed by atoms with Gasteiger partial charge in [0.05, 0.1) is 0 Å². The number of hydrogen-bond acceptors (Lipinski definition) is 0. The largest absolute Gasteiger partial charge is 0.412 e. The van der Waals surface area contributed by atoms with E-state index < -0.39 is 34.9 Å². The van der Waals surface area contributed by atoms with Gasteiger partial charge in [-0.1, -0.05) is 0 Å². The Morgan fingerprint density at radius 3 is 0.538 bits per heavy atom. The van der Waals surface area contributed by atoms with Crippen LogP contribution in [0, 0.1) is 34.9 Å². The molecular weight excluding hydrogens is 202 g/mol. The fraction of sp³-hybridized carbons (Fsp3) is 0. The van der Waals surface area contributed by atoms with E-state index >= 15 is 0 Å². The third-order valence-corrected chi connectivity index (χ3v) is 1.16. The molecule has 0 spiro atoms. The van der Waals surface area contributed by atoms with Crippen molar-refractivity contribution in [1.29, 1.82) is 0 Å². The molecule has 13 heavy (non-hydrogen) atoms.